The van der Waals surface area contributed by atoms with Crippen molar-refractivity contribution in [1.29, 1.82) is 10.5 Å². The van der Waals surface area contributed by atoms with Crippen LogP contribution < -0.4 is 32.8 Å². The molecule has 4 aliphatic rings. The number of hydrogen-bond donors (Lipinski definition) is 0. The fraction of sp³-hybridized carbons (Fsp3) is 0.250. The van der Waals surface area contributed by atoms with E-state index in [1.807, 2.05) is 0 Å². The Bertz CT molecular complexity index is 4000. The second-order valence-corrected chi connectivity index (χ2v) is 24.8. The summed E-state index contributed by atoms with van der Waals surface area (Å²) >= 11 is 0. The second-order valence-electron chi connectivity index (χ2n) is 24.8. The van der Waals surface area contributed by atoms with Gasteiger partial charge in [0, 0.05) is 0 Å². The Morgan fingerprint density at radius 2 is 0.645 bits per heavy atom. The van der Waals surface area contributed by atoms with Gasteiger partial charge in [0.1, 0.15) is 0 Å². The summed E-state index contributed by atoms with van der Waals surface area (Å²) in [6, 6.07) is 52.6. The minimum Gasteiger partial charge on any atom is -0.192 e. The summed E-state index contributed by atoms with van der Waals surface area (Å²) < 4.78 is 0. The van der Waals surface area contributed by atoms with Crippen LogP contribution in [0, 0.1) is 22.7 Å². The molecule has 4 heterocycles. The van der Waals surface area contributed by atoms with Crippen LogP contribution in [0.4, 0.5) is 0 Å². The van der Waals surface area contributed by atoms with Crippen molar-refractivity contribution in [1.82, 2.24) is 0 Å². The Labute approximate surface area is 450 Å². The molecule has 0 aromatic heterocycles. The molecule has 0 aliphatic carbocycles. The summed E-state index contributed by atoms with van der Waals surface area (Å²) in [5, 5.41) is 29.7. The van der Waals surface area contributed by atoms with Gasteiger partial charge in [0.25, 0.3) is 0 Å². The molecule has 0 atom stereocenters. The number of benzene rings is 10. The van der Waals surface area contributed by atoms with Crippen LogP contribution in [0.2, 0.25) is 0 Å². The molecular weight excluding hydrogens is 914 g/mol. The topological polar surface area (TPSA) is 47.6 Å². The average molecular weight is 977 g/mol. The molecule has 0 radical (unpaired) electrons. The normalized spacial score (nSPS) is 13.4. The van der Waals surface area contributed by atoms with E-state index < -0.39 is 0 Å². The lowest BCUT2D eigenvalue weighted by Gasteiger charge is -2.34. The van der Waals surface area contributed by atoms with Crippen LogP contribution >= 0.6 is 0 Å². The van der Waals surface area contributed by atoms with Gasteiger partial charge in [-0.15, -0.1) is 0 Å². The largest absolute Gasteiger partial charge is 0.244 e. The van der Waals surface area contributed by atoms with Crippen molar-refractivity contribution in [2.75, 3.05) is 0 Å². The van der Waals surface area contributed by atoms with Crippen LogP contribution in [0.5, 0.6) is 0 Å². The molecule has 76 heavy (non-hydrogen) atoms. The van der Waals surface area contributed by atoms with Crippen molar-refractivity contribution < 1.29 is 0 Å². The van der Waals surface area contributed by atoms with Crippen LogP contribution in [0.25, 0.3) is 99.1 Å². The summed E-state index contributed by atoms with van der Waals surface area (Å²) in [5.74, 6) is 1.82. The molecule has 4 heteroatoms. The van der Waals surface area contributed by atoms with E-state index in [4.69, 9.17) is 0 Å². The molecule has 2 nitrogen and oxygen atoms in total. The fourth-order valence-corrected chi connectivity index (χ4v) is 15.0. The first-order valence-electron chi connectivity index (χ1n) is 28.2. The first-order valence-corrected chi connectivity index (χ1v) is 28.2. The SMILES string of the molecule is CC(C)c1cc(C(C)C)c(-c2cc3c4c(cc5c(-c6c(C(C)C)cc(C(C)C)cc6C(C)C)cc6c7c(cc2c4c57)B2c4ccccc4-c4cc(C#N)cc-6c42)B2c4ccccc4-c4cc(C#N)cc-3c42)c(C(C)C)c1. The average Bonchev–Trinajstić information content (AvgIpc) is 4.11. The minimum absolute atomic E-state index is 0.0118. The van der Waals surface area contributed by atoms with Gasteiger partial charge in [0.05, 0.1) is 23.3 Å². The highest BCUT2D eigenvalue weighted by molar-refractivity contribution is 7.03. The maximum Gasteiger partial charge on any atom is 0.244 e. The molecule has 0 amide bonds. The molecule has 14 rings (SSSR count). The first kappa shape index (κ1) is 46.8. The quantitative estimate of drug-likeness (QED) is 0.113. The Morgan fingerprint density at radius 3 is 0.961 bits per heavy atom. The Kier molecular flexibility index (Phi) is 10.1. The number of rotatable bonds is 8. The van der Waals surface area contributed by atoms with Gasteiger partial charge in [-0.05, 0) is 204 Å². The van der Waals surface area contributed by atoms with E-state index >= 15 is 0 Å². The van der Waals surface area contributed by atoms with Crippen molar-refractivity contribution in [2.24, 2.45) is 0 Å². The lowest BCUT2D eigenvalue weighted by molar-refractivity contribution is 0.807. The maximum absolute atomic E-state index is 10.9. The molecule has 366 valence electrons. The van der Waals surface area contributed by atoms with Gasteiger partial charge in [0.2, 0.25) is 13.4 Å². The second kappa shape index (κ2) is 16.4. The molecular formula is C72H62B2N2. The van der Waals surface area contributed by atoms with Gasteiger partial charge in [-0.3, -0.25) is 0 Å². The van der Waals surface area contributed by atoms with Gasteiger partial charge in [-0.2, -0.15) is 10.5 Å². The van der Waals surface area contributed by atoms with Gasteiger partial charge in [-0.1, -0.05) is 201 Å². The van der Waals surface area contributed by atoms with Crippen molar-refractivity contribution >= 4 is 78.5 Å². The van der Waals surface area contributed by atoms with E-state index in [-0.39, 0.29) is 37.1 Å². The molecule has 0 spiro atoms. The first-order chi connectivity index (χ1) is 36.6. The third-order valence-electron chi connectivity index (χ3n) is 18.5. The lowest BCUT2D eigenvalue weighted by atomic mass is 9.34. The monoisotopic (exact) mass is 977 g/mol. The van der Waals surface area contributed by atoms with Gasteiger partial charge < -0.3 is 0 Å². The van der Waals surface area contributed by atoms with Crippen molar-refractivity contribution in [3.8, 4) is 78.9 Å². The summed E-state index contributed by atoms with van der Waals surface area (Å²) in [6.45, 7) is 28.3. The van der Waals surface area contributed by atoms with E-state index in [9.17, 15) is 10.5 Å². The summed E-state index contributed by atoms with van der Waals surface area (Å²) in [6.07, 6.45) is 0. The van der Waals surface area contributed by atoms with E-state index in [0.29, 0.717) is 23.0 Å². The maximum atomic E-state index is 10.9. The van der Waals surface area contributed by atoms with Crippen LogP contribution in [0.3, 0.4) is 0 Å². The molecule has 10 aromatic rings. The Hall–Kier alpha value is -7.65. The predicted molar refractivity (Wildman–Crippen MR) is 326 cm³/mol. The molecule has 4 aliphatic heterocycles. The van der Waals surface area contributed by atoms with Crippen molar-refractivity contribution in [3.63, 3.8) is 0 Å². The highest BCUT2D eigenvalue weighted by atomic mass is 14.4. The summed E-state index contributed by atoms with van der Waals surface area (Å²) in [7, 11) is 0. The molecule has 0 saturated heterocycles. The smallest absolute Gasteiger partial charge is 0.192 e. The standard InChI is InChI=1S/C72H62B2N2/c1-35(2)43-25-47(37(5)6)65(48(26-43)38(7)8)51-29-53-59-23-41(33-75)21-57-45-17-14-16-20-62(45)74(71(57)59)64-32-56-52(66-49(39(9)10)27-44(36(3)4)28-50(66)40(11)12)30-54-60-24-42(34-76)22-58-46-18-13-15-19-61(46)73(72(58)60)63-31-55(51)69(67(53)64)70(56)68(54)63/h13-32,35-40H,1-12H3. The molecule has 10 aromatic carbocycles. The zero-order valence-corrected chi connectivity index (χ0v) is 46.1. The number of nitriles is 2. The van der Waals surface area contributed by atoms with Crippen LogP contribution in [-0.4, -0.2) is 13.4 Å². The Morgan fingerprint density at radius 1 is 0.316 bits per heavy atom. The van der Waals surface area contributed by atoms with Crippen molar-refractivity contribution in [3.05, 3.63) is 166 Å². The fourth-order valence-electron chi connectivity index (χ4n) is 15.0. The highest BCUT2D eigenvalue weighted by Crippen LogP contribution is 2.54. The number of fused-ring (bicyclic) bond motifs is 10. The molecule has 0 saturated carbocycles. The van der Waals surface area contributed by atoms with Gasteiger partial charge in [0.15, 0.2) is 0 Å². The van der Waals surface area contributed by atoms with Crippen LogP contribution in [-0.2, 0) is 0 Å². The van der Waals surface area contributed by atoms with Crippen LogP contribution in [0.15, 0.2) is 121 Å². The number of hydrogen-bond acceptors (Lipinski definition) is 2. The van der Waals surface area contributed by atoms with Crippen LogP contribution in [0.1, 0.15) is 163 Å². The van der Waals surface area contributed by atoms with Crippen molar-refractivity contribution in [2.45, 2.75) is 119 Å². The lowest BCUT2D eigenvalue weighted by Crippen LogP contribution is -2.53. The van der Waals surface area contributed by atoms with E-state index in [1.54, 1.807) is 0 Å². The van der Waals surface area contributed by atoms with E-state index in [0.717, 1.165) is 0 Å². The molecule has 0 bridgehead atoms. The van der Waals surface area contributed by atoms with Gasteiger partial charge in [-0.25, -0.2) is 0 Å². The molecule has 0 N–H and O–H groups in total. The minimum atomic E-state index is -0.0118. The van der Waals surface area contributed by atoms with E-state index in [2.05, 4.69) is 217 Å². The molecule has 0 fully saturated rings. The number of nitrogens with zero attached hydrogens (tertiary/aromatic N) is 2. The van der Waals surface area contributed by atoms with Gasteiger partial charge >= 0.3 is 0 Å². The Balaban J connectivity index is 1.29. The zero-order chi connectivity index (χ0) is 52.7. The molecule has 0 unspecified atom stereocenters. The third kappa shape index (κ3) is 6.17. The predicted octanol–water partition coefficient (Wildman–Crippen LogP) is 15.4. The summed E-state index contributed by atoms with van der Waals surface area (Å²) in [5.41, 5.74) is 32.6. The third-order valence-corrected chi connectivity index (χ3v) is 18.5. The zero-order valence-electron chi connectivity index (χ0n) is 46.1. The summed E-state index contributed by atoms with van der Waals surface area (Å²) in [4.78, 5) is 0. The highest BCUT2D eigenvalue weighted by Gasteiger charge is 2.45. The van der Waals surface area contributed by atoms with E-state index in [1.165, 1.54) is 165 Å².